The van der Waals surface area contributed by atoms with Gasteiger partial charge >= 0.3 is 0 Å². The lowest BCUT2D eigenvalue weighted by atomic mass is 10.0. The van der Waals surface area contributed by atoms with Crippen LogP contribution in [0.3, 0.4) is 0 Å². The molecular weight excluding hydrogens is 238 g/mol. The van der Waals surface area contributed by atoms with Crippen LogP contribution in [0.15, 0.2) is 18.2 Å². The van der Waals surface area contributed by atoms with Crippen molar-refractivity contribution in [1.29, 1.82) is 0 Å². The third kappa shape index (κ3) is 4.07. The minimum absolute atomic E-state index is 0.122. The van der Waals surface area contributed by atoms with Crippen LogP contribution in [0.1, 0.15) is 30.1 Å². The normalized spacial score (nSPS) is 12.2. The van der Waals surface area contributed by atoms with Gasteiger partial charge in [0.25, 0.3) is 5.91 Å². The number of nitrogens with two attached hydrogens (primary N) is 1. The third-order valence-electron chi connectivity index (χ3n) is 2.89. The fraction of sp³-hybridized carbons (Fsp3) is 0.462. The van der Waals surface area contributed by atoms with E-state index in [9.17, 15) is 13.6 Å². The number of hydrogen-bond donors (Lipinski definition) is 2. The summed E-state index contributed by atoms with van der Waals surface area (Å²) in [5.41, 5.74) is 5.58. The molecule has 3 N–H and O–H groups in total. The summed E-state index contributed by atoms with van der Waals surface area (Å²) in [6, 6.07) is 3.10. The fourth-order valence-electron chi connectivity index (χ4n) is 1.66. The molecule has 1 unspecified atom stereocenters. The molecule has 5 heteroatoms. The molecule has 0 fully saturated rings. The van der Waals surface area contributed by atoms with Gasteiger partial charge in [-0.25, -0.2) is 8.78 Å². The van der Waals surface area contributed by atoms with E-state index < -0.39 is 17.5 Å². The Morgan fingerprint density at radius 3 is 2.67 bits per heavy atom. The van der Waals surface area contributed by atoms with Crippen LogP contribution in [0.4, 0.5) is 8.78 Å². The minimum Gasteiger partial charge on any atom is -0.352 e. The Kier molecular flexibility index (Phi) is 5.71. The Morgan fingerprint density at radius 1 is 1.39 bits per heavy atom. The first kappa shape index (κ1) is 14.6. The van der Waals surface area contributed by atoms with Crippen molar-refractivity contribution in [1.82, 2.24) is 5.32 Å². The molecule has 3 nitrogen and oxygen atoms in total. The molecule has 1 amide bonds. The Balaban J connectivity index is 2.57. The molecule has 0 aromatic heterocycles. The van der Waals surface area contributed by atoms with Crippen LogP contribution in [-0.2, 0) is 0 Å². The number of hydrogen-bond acceptors (Lipinski definition) is 2. The van der Waals surface area contributed by atoms with Gasteiger partial charge in [-0.3, -0.25) is 4.79 Å². The van der Waals surface area contributed by atoms with Gasteiger partial charge in [0.2, 0.25) is 0 Å². The number of carbonyl (C=O) groups is 1. The molecule has 1 rings (SSSR count). The lowest BCUT2D eigenvalue weighted by Gasteiger charge is -2.14. The summed E-state index contributed by atoms with van der Waals surface area (Å²) in [5, 5.41) is 2.70. The smallest absolute Gasteiger partial charge is 0.251 e. The molecule has 0 heterocycles. The molecule has 0 radical (unpaired) electrons. The lowest BCUT2D eigenvalue weighted by Crippen LogP contribution is -2.30. The highest BCUT2D eigenvalue weighted by atomic mass is 19.2. The Labute approximate surface area is 105 Å². The molecule has 1 aromatic rings. The van der Waals surface area contributed by atoms with Gasteiger partial charge in [0.15, 0.2) is 11.6 Å². The predicted octanol–water partition coefficient (Wildman–Crippen LogP) is 2.07. The van der Waals surface area contributed by atoms with E-state index in [1.54, 1.807) is 0 Å². The highest BCUT2D eigenvalue weighted by molar-refractivity contribution is 5.94. The maximum Gasteiger partial charge on any atom is 0.251 e. The zero-order valence-corrected chi connectivity index (χ0v) is 10.4. The second-order valence-corrected chi connectivity index (χ2v) is 4.19. The van der Waals surface area contributed by atoms with E-state index in [-0.39, 0.29) is 5.56 Å². The second kappa shape index (κ2) is 7.06. The minimum atomic E-state index is -1.02. The molecule has 0 saturated heterocycles. The first-order valence-electron chi connectivity index (χ1n) is 6.01. The van der Waals surface area contributed by atoms with Gasteiger partial charge in [-0.15, -0.1) is 0 Å². The molecule has 0 saturated carbocycles. The van der Waals surface area contributed by atoms with Crippen molar-refractivity contribution in [2.45, 2.75) is 19.8 Å². The van der Waals surface area contributed by atoms with Gasteiger partial charge < -0.3 is 11.1 Å². The highest BCUT2D eigenvalue weighted by Crippen LogP contribution is 2.09. The number of carbonyl (C=O) groups excluding carboxylic acids is 1. The van der Waals surface area contributed by atoms with E-state index in [1.807, 2.05) is 6.92 Å². The molecule has 0 bridgehead atoms. The van der Waals surface area contributed by atoms with Gasteiger partial charge in [0, 0.05) is 12.1 Å². The molecule has 1 aromatic carbocycles. The van der Waals surface area contributed by atoms with E-state index in [0.717, 1.165) is 25.0 Å². The van der Waals surface area contributed by atoms with Crippen LogP contribution in [0, 0.1) is 17.6 Å². The lowest BCUT2D eigenvalue weighted by molar-refractivity contribution is 0.0945. The molecule has 100 valence electrons. The van der Waals surface area contributed by atoms with Crippen molar-refractivity contribution in [3.8, 4) is 0 Å². The molecule has 1 atom stereocenters. The van der Waals surface area contributed by atoms with E-state index in [2.05, 4.69) is 5.32 Å². The van der Waals surface area contributed by atoms with Gasteiger partial charge in [-0.05, 0) is 37.1 Å². The summed E-state index contributed by atoms with van der Waals surface area (Å²) in [6.07, 6.45) is 1.74. The highest BCUT2D eigenvalue weighted by Gasteiger charge is 2.11. The van der Waals surface area contributed by atoms with Crippen LogP contribution >= 0.6 is 0 Å². The summed E-state index contributed by atoms with van der Waals surface area (Å²) in [7, 11) is 0. The number of halogens is 2. The molecule has 0 spiro atoms. The Hall–Kier alpha value is -1.49. The van der Waals surface area contributed by atoms with Crippen LogP contribution < -0.4 is 11.1 Å². The topological polar surface area (TPSA) is 55.1 Å². The average molecular weight is 256 g/mol. The SMILES string of the molecule is CCC(CCN)CNC(=O)c1ccc(F)c(F)c1. The van der Waals surface area contributed by atoms with Crippen molar-refractivity contribution in [2.75, 3.05) is 13.1 Å². The van der Waals surface area contributed by atoms with Gasteiger partial charge in [0.05, 0.1) is 0 Å². The van der Waals surface area contributed by atoms with Gasteiger partial charge in [0.1, 0.15) is 0 Å². The van der Waals surface area contributed by atoms with E-state index in [1.165, 1.54) is 6.07 Å². The predicted molar refractivity (Wildman–Crippen MR) is 66.1 cm³/mol. The molecular formula is C13H18F2N2O. The van der Waals surface area contributed by atoms with Crippen LogP contribution in [-0.4, -0.2) is 19.0 Å². The van der Waals surface area contributed by atoms with Crippen molar-refractivity contribution in [3.05, 3.63) is 35.4 Å². The first-order chi connectivity index (χ1) is 8.58. The Morgan fingerprint density at radius 2 is 2.11 bits per heavy atom. The zero-order chi connectivity index (χ0) is 13.5. The number of amides is 1. The fourth-order valence-corrected chi connectivity index (χ4v) is 1.66. The number of rotatable bonds is 6. The van der Waals surface area contributed by atoms with Gasteiger partial charge in [-0.2, -0.15) is 0 Å². The third-order valence-corrected chi connectivity index (χ3v) is 2.89. The summed E-state index contributed by atoms with van der Waals surface area (Å²) in [6.45, 7) is 3.08. The van der Waals surface area contributed by atoms with Crippen molar-refractivity contribution in [2.24, 2.45) is 11.7 Å². The Bertz CT molecular complexity index is 410. The van der Waals surface area contributed by atoms with Crippen molar-refractivity contribution < 1.29 is 13.6 Å². The molecule has 0 aliphatic heterocycles. The molecule has 0 aliphatic rings. The average Bonchev–Trinajstić information content (AvgIpc) is 2.37. The monoisotopic (exact) mass is 256 g/mol. The van der Waals surface area contributed by atoms with Crippen LogP contribution in [0.5, 0.6) is 0 Å². The summed E-state index contributed by atoms with van der Waals surface area (Å²) in [4.78, 5) is 11.7. The van der Waals surface area contributed by atoms with Crippen molar-refractivity contribution in [3.63, 3.8) is 0 Å². The standard InChI is InChI=1S/C13H18F2N2O/c1-2-9(5-6-16)8-17-13(18)10-3-4-11(14)12(15)7-10/h3-4,7,9H,2,5-6,8,16H2,1H3,(H,17,18). The van der Waals surface area contributed by atoms with Crippen LogP contribution in [0.25, 0.3) is 0 Å². The van der Waals surface area contributed by atoms with Crippen molar-refractivity contribution >= 4 is 5.91 Å². The van der Waals surface area contributed by atoms with Crippen LogP contribution in [0.2, 0.25) is 0 Å². The second-order valence-electron chi connectivity index (χ2n) is 4.19. The van der Waals surface area contributed by atoms with Gasteiger partial charge in [-0.1, -0.05) is 13.3 Å². The quantitative estimate of drug-likeness (QED) is 0.818. The number of benzene rings is 1. The van der Waals surface area contributed by atoms with E-state index in [0.29, 0.717) is 19.0 Å². The zero-order valence-electron chi connectivity index (χ0n) is 10.4. The van der Waals surface area contributed by atoms with E-state index >= 15 is 0 Å². The summed E-state index contributed by atoms with van der Waals surface area (Å²) < 4.78 is 25.7. The summed E-state index contributed by atoms with van der Waals surface area (Å²) in [5.74, 6) is -2.06. The number of nitrogens with one attached hydrogen (secondary N) is 1. The van der Waals surface area contributed by atoms with E-state index in [4.69, 9.17) is 5.73 Å². The maximum atomic E-state index is 13.0. The first-order valence-corrected chi connectivity index (χ1v) is 6.01. The largest absolute Gasteiger partial charge is 0.352 e. The molecule has 18 heavy (non-hydrogen) atoms. The maximum absolute atomic E-state index is 13.0. The summed E-state index contributed by atoms with van der Waals surface area (Å²) >= 11 is 0. The molecule has 0 aliphatic carbocycles.